The fourth-order valence-corrected chi connectivity index (χ4v) is 3.97. The quantitative estimate of drug-likeness (QED) is 0.440. The van der Waals surface area contributed by atoms with Crippen LogP contribution >= 0.6 is 0 Å². The average Bonchev–Trinajstić information content (AvgIpc) is 3.35. The van der Waals surface area contributed by atoms with Crippen molar-refractivity contribution >= 4 is 27.6 Å². The molecule has 0 aliphatic heterocycles. The first-order valence-corrected chi connectivity index (χ1v) is 11.1. The summed E-state index contributed by atoms with van der Waals surface area (Å²) in [5.41, 5.74) is 2.32. The number of carbonyl (C=O) groups excluding carboxylic acids is 1. The van der Waals surface area contributed by atoms with Crippen molar-refractivity contribution in [3.63, 3.8) is 0 Å². The number of nitrogens with one attached hydrogen (secondary N) is 2. The Morgan fingerprint density at radius 1 is 1.06 bits per heavy atom. The molecule has 0 saturated carbocycles. The summed E-state index contributed by atoms with van der Waals surface area (Å²) in [6.07, 6.45) is 2.86. The molecule has 0 unspecified atom stereocenters. The Hall–Kier alpha value is -3.99. The van der Waals surface area contributed by atoms with Crippen molar-refractivity contribution in [2.24, 2.45) is 0 Å². The van der Waals surface area contributed by atoms with Gasteiger partial charge in [0.15, 0.2) is 5.76 Å². The third kappa shape index (κ3) is 4.83. The molecule has 3 aromatic heterocycles. The van der Waals surface area contributed by atoms with Crippen LogP contribution in [0.4, 0.5) is 11.6 Å². The lowest BCUT2D eigenvalue weighted by Gasteiger charge is -2.08. The molecule has 11 heteroatoms. The van der Waals surface area contributed by atoms with E-state index in [4.69, 9.17) is 4.42 Å². The number of hydrogen-bond acceptors (Lipinski definition) is 7. The van der Waals surface area contributed by atoms with Crippen LogP contribution in [0.1, 0.15) is 27.7 Å². The van der Waals surface area contributed by atoms with Gasteiger partial charge in [0.25, 0.3) is 15.9 Å². The molecule has 4 rings (SSSR count). The van der Waals surface area contributed by atoms with Gasteiger partial charge in [-0.25, -0.2) is 23.1 Å². The number of aromatic nitrogens is 4. The number of anilines is 2. The van der Waals surface area contributed by atoms with E-state index in [2.05, 4.69) is 25.1 Å². The number of furan rings is 1. The molecule has 3 heterocycles. The molecular weight excluding hydrogens is 432 g/mol. The first-order valence-electron chi connectivity index (χ1n) is 9.61. The predicted molar refractivity (Wildman–Crippen MR) is 117 cm³/mol. The Morgan fingerprint density at radius 2 is 1.78 bits per heavy atom. The number of carbonyl (C=O) groups is 1. The van der Waals surface area contributed by atoms with Gasteiger partial charge in [-0.2, -0.15) is 5.10 Å². The highest BCUT2D eigenvalue weighted by atomic mass is 32.2. The van der Waals surface area contributed by atoms with E-state index >= 15 is 0 Å². The Morgan fingerprint density at radius 3 is 2.44 bits per heavy atom. The topological polar surface area (TPSA) is 132 Å². The summed E-state index contributed by atoms with van der Waals surface area (Å²) in [6, 6.07) is 12.6. The Balaban J connectivity index is 1.41. The maximum atomic E-state index is 12.5. The van der Waals surface area contributed by atoms with Crippen LogP contribution in [0.5, 0.6) is 0 Å². The smallest absolute Gasteiger partial charge is 0.291 e. The van der Waals surface area contributed by atoms with Crippen LogP contribution in [0.3, 0.4) is 0 Å². The molecule has 0 fully saturated rings. The Kier molecular flexibility index (Phi) is 5.73. The van der Waals surface area contributed by atoms with Crippen molar-refractivity contribution in [3.05, 3.63) is 83.8 Å². The Bertz CT molecular complexity index is 1340. The highest BCUT2D eigenvalue weighted by Gasteiger charge is 2.17. The molecule has 0 bridgehead atoms. The van der Waals surface area contributed by atoms with E-state index in [9.17, 15) is 13.2 Å². The molecule has 0 atom stereocenters. The van der Waals surface area contributed by atoms with Crippen LogP contribution in [0.2, 0.25) is 0 Å². The number of amides is 1. The largest absolute Gasteiger partial charge is 0.454 e. The summed E-state index contributed by atoms with van der Waals surface area (Å²) in [6.45, 7) is 4.27. The zero-order valence-corrected chi connectivity index (χ0v) is 18.1. The number of hydrogen-bond donors (Lipinski definition) is 2. The van der Waals surface area contributed by atoms with E-state index < -0.39 is 15.9 Å². The fourth-order valence-electron chi connectivity index (χ4n) is 3.01. The number of aryl methyl sites for hydroxylation is 2. The van der Waals surface area contributed by atoms with Crippen molar-refractivity contribution < 1.29 is 17.6 Å². The highest BCUT2D eigenvalue weighted by molar-refractivity contribution is 7.92. The standard InChI is InChI=1S/C21H20N6O4S/c1-14-12-15(2)27(25-14)13-17-6-9-19(31-17)20(28)24-16-4-7-18(8-5-16)32(29,30)26-21-22-10-3-11-23-21/h3-12H,13H2,1-2H3,(H,24,28)(H,22,23,26). The molecule has 164 valence electrons. The molecule has 0 spiro atoms. The molecule has 1 aromatic carbocycles. The molecule has 0 aliphatic carbocycles. The van der Waals surface area contributed by atoms with Gasteiger partial charge in [0.05, 0.1) is 17.1 Å². The number of nitrogens with zero attached hydrogens (tertiary/aromatic N) is 4. The normalized spacial score (nSPS) is 11.3. The van der Waals surface area contributed by atoms with Gasteiger partial charge in [-0.05, 0) is 62.4 Å². The van der Waals surface area contributed by atoms with Crippen LogP contribution in [0.25, 0.3) is 0 Å². The molecule has 4 aromatic rings. The van der Waals surface area contributed by atoms with Gasteiger partial charge < -0.3 is 9.73 Å². The second kappa shape index (κ2) is 8.63. The minimum absolute atomic E-state index is 0.00752. The molecule has 2 N–H and O–H groups in total. The summed E-state index contributed by atoms with van der Waals surface area (Å²) in [4.78, 5) is 20.2. The monoisotopic (exact) mass is 452 g/mol. The van der Waals surface area contributed by atoms with Gasteiger partial charge in [-0.15, -0.1) is 0 Å². The van der Waals surface area contributed by atoms with Gasteiger partial charge in [-0.1, -0.05) is 0 Å². The predicted octanol–water partition coefficient (Wildman–Crippen LogP) is 2.98. The average molecular weight is 452 g/mol. The van der Waals surface area contributed by atoms with E-state index in [1.165, 1.54) is 36.7 Å². The maximum absolute atomic E-state index is 12.5. The van der Waals surface area contributed by atoms with E-state index in [-0.39, 0.29) is 16.6 Å². The summed E-state index contributed by atoms with van der Waals surface area (Å²) in [5.74, 6) is 0.258. The third-order valence-electron chi connectivity index (χ3n) is 4.51. The zero-order valence-electron chi connectivity index (χ0n) is 17.3. The molecule has 1 amide bonds. The summed E-state index contributed by atoms with van der Waals surface area (Å²) in [5, 5.41) is 7.06. The molecule has 0 radical (unpaired) electrons. The molecular formula is C21H20N6O4S. The van der Waals surface area contributed by atoms with E-state index in [0.717, 1.165) is 11.4 Å². The first kappa shape index (κ1) is 21.2. The van der Waals surface area contributed by atoms with E-state index in [0.29, 0.717) is 18.0 Å². The van der Waals surface area contributed by atoms with E-state index in [1.54, 1.807) is 22.9 Å². The summed E-state index contributed by atoms with van der Waals surface area (Å²) >= 11 is 0. The highest BCUT2D eigenvalue weighted by Crippen LogP contribution is 2.18. The molecule has 0 aliphatic rings. The van der Waals surface area contributed by atoms with E-state index in [1.807, 2.05) is 19.9 Å². The van der Waals surface area contributed by atoms with Crippen molar-refractivity contribution in [1.29, 1.82) is 0 Å². The lowest BCUT2D eigenvalue weighted by molar-refractivity contribution is 0.0994. The van der Waals surface area contributed by atoms with Crippen molar-refractivity contribution in [2.45, 2.75) is 25.3 Å². The fraction of sp³-hybridized carbons (Fsp3) is 0.143. The van der Waals surface area contributed by atoms with Gasteiger partial charge >= 0.3 is 0 Å². The van der Waals surface area contributed by atoms with Gasteiger partial charge in [0, 0.05) is 23.8 Å². The molecule has 10 nitrogen and oxygen atoms in total. The van der Waals surface area contributed by atoms with Crippen LogP contribution in [0, 0.1) is 13.8 Å². The second-order valence-corrected chi connectivity index (χ2v) is 8.69. The Labute approximate surface area is 184 Å². The summed E-state index contributed by atoms with van der Waals surface area (Å²) in [7, 11) is -3.85. The minimum atomic E-state index is -3.85. The maximum Gasteiger partial charge on any atom is 0.291 e. The number of sulfonamides is 1. The second-order valence-electron chi connectivity index (χ2n) is 7.01. The van der Waals surface area contributed by atoms with Gasteiger partial charge in [-0.3, -0.25) is 9.48 Å². The van der Waals surface area contributed by atoms with Gasteiger partial charge in [0.1, 0.15) is 5.76 Å². The number of rotatable bonds is 7. The first-order chi connectivity index (χ1) is 15.3. The lowest BCUT2D eigenvalue weighted by Crippen LogP contribution is -2.15. The number of benzene rings is 1. The van der Waals surface area contributed by atoms with Crippen LogP contribution in [-0.2, 0) is 16.6 Å². The SMILES string of the molecule is Cc1cc(C)n(Cc2ccc(C(=O)Nc3ccc(S(=O)(=O)Nc4ncccn4)cc3)o2)n1. The van der Waals surface area contributed by atoms with Crippen molar-refractivity contribution in [3.8, 4) is 0 Å². The molecule has 0 saturated heterocycles. The lowest BCUT2D eigenvalue weighted by atomic mass is 10.3. The third-order valence-corrected chi connectivity index (χ3v) is 5.85. The van der Waals surface area contributed by atoms with Crippen molar-refractivity contribution in [1.82, 2.24) is 19.7 Å². The van der Waals surface area contributed by atoms with Gasteiger partial charge in [0.2, 0.25) is 5.95 Å². The molecule has 32 heavy (non-hydrogen) atoms. The van der Waals surface area contributed by atoms with Crippen LogP contribution in [-0.4, -0.2) is 34.1 Å². The summed E-state index contributed by atoms with van der Waals surface area (Å²) < 4.78 is 34.6. The van der Waals surface area contributed by atoms with Crippen LogP contribution < -0.4 is 10.0 Å². The van der Waals surface area contributed by atoms with Crippen molar-refractivity contribution in [2.75, 3.05) is 10.0 Å². The minimum Gasteiger partial charge on any atom is -0.454 e. The zero-order chi connectivity index (χ0) is 22.7. The van der Waals surface area contributed by atoms with Crippen LogP contribution in [0.15, 0.2) is 70.2 Å².